The highest BCUT2D eigenvalue weighted by Crippen LogP contribution is 2.24. The second-order valence-corrected chi connectivity index (χ2v) is 6.24. The number of benzene rings is 1. The van der Waals surface area contributed by atoms with Gasteiger partial charge in [0.15, 0.2) is 0 Å². The highest BCUT2D eigenvalue weighted by molar-refractivity contribution is 7.98. The van der Waals surface area contributed by atoms with E-state index in [1.54, 1.807) is 12.1 Å². The van der Waals surface area contributed by atoms with Crippen molar-refractivity contribution in [3.05, 3.63) is 47.7 Å². The van der Waals surface area contributed by atoms with Crippen LogP contribution in [-0.4, -0.2) is 17.0 Å². The number of nitrogens with zero attached hydrogens (tertiary/aromatic N) is 2. The van der Waals surface area contributed by atoms with Crippen LogP contribution in [-0.2, 0) is 12.2 Å². The molecule has 2 rings (SSSR count). The van der Waals surface area contributed by atoms with Crippen LogP contribution in [0.15, 0.2) is 35.2 Å². The average molecular weight is 305 g/mol. The fourth-order valence-electron chi connectivity index (χ4n) is 1.97. The van der Waals surface area contributed by atoms with E-state index in [0.29, 0.717) is 16.6 Å². The average Bonchev–Trinajstić information content (AvgIpc) is 2.45. The topological polar surface area (TPSA) is 37.8 Å². The van der Waals surface area contributed by atoms with E-state index in [9.17, 15) is 4.39 Å². The van der Waals surface area contributed by atoms with E-state index in [1.807, 2.05) is 19.2 Å². The third-order valence-electron chi connectivity index (χ3n) is 2.89. The van der Waals surface area contributed by atoms with Crippen LogP contribution in [0.4, 0.5) is 10.2 Å². The summed E-state index contributed by atoms with van der Waals surface area (Å²) in [4.78, 5) is 9.64. The van der Waals surface area contributed by atoms with Crippen LogP contribution >= 0.6 is 11.8 Å². The van der Waals surface area contributed by atoms with Gasteiger partial charge in [-0.2, -0.15) is 0 Å². The minimum Gasteiger partial charge on any atom is -0.373 e. The summed E-state index contributed by atoms with van der Waals surface area (Å²) in [6.07, 6.45) is 0.911. The molecule has 0 bridgehead atoms. The zero-order chi connectivity index (χ0) is 15.2. The lowest BCUT2D eigenvalue weighted by molar-refractivity contribution is 0.602. The van der Waals surface area contributed by atoms with Gasteiger partial charge in [0.2, 0.25) is 0 Å². The normalized spacial score (nSPS) is 10.9. The maximum atomic E-state index is 13.6. The molecule has 0 saturated heterocycles. The second kappa shape index (κ2) is 7.41. The van der Waals surface area contributed by atoms with Crippen molar-refractivity contribution in [2.24, 2.45) is 5.92 Å². The van der Waals surface area contributed by atoms with E-state index in [-0.39, 0.29) is 5.82 Å². The van der Waals surface area contributed by atoms with Crippen molar-refractivity contribution in [1.82, 2.24) is 9.97 Å². The first-order chi connectivity index (χ1) is 10.1. The molecule has 1 heterocycles. The van der Waals surface area contributed by atoms with Crippen LogP contribution in [0.1, 0.15) is 25.4 Å². The zero-order valence-electron chi connectivity index (χ0n) is 12.6. The Morgan fingerprint density at radius 3 is 2.67 bits per heavy atom. The number of halogens is 1. The number of aromatic nitrogens is 2. The second-order valence-electron chi connectivity index (χ2n) is 5.23. The summed E-state index contributed by atoms with van der Waals surface area (Å²) >= 11 is 1.42. The van der Waals surface area contributed by atoms with Gasteiger partial charge in [-0.3, -0.25) is 0 Å². The first-order valence-electron chi connectivity index (χ1n) is 7.00. The molecule has 0 spiro atoms. The molecule has 0 aliphatic heterocycles. The molecule has 2 aromatic rings. The number of hydrogen-bond donors (Lipinski definition) is 1. The van der Waals surface area contributed by atoms with Crippen molar-refractivity contribution in [3.8, 4) is 0 Å². The quantitative estimate of drug-likeness (QED) is 0.814. The summed E-state index contributed by atoms with van der Waals surface area (Å²) in [7, 11) is 1.84. The summed E-state index contributed by atoms with van der Waals surface area (Å²) in [5.74, 6) is 2.43. The number of rotatable bonds is 6. The largest absolute Gasteiger partial charge is 0.373 e. The minimum atomic E-state index is -0.199. The number of hydrogen-bond acceptors (Lipinski definition) is 4. The van der Waals surface area contributed by atoms with Crippen LogP contribution in [0.2, 0.25) is 0 Å². The van der Waals surface area contributed by atoms with Gasteiger partial charge in [0.05, 0.1) is 5.75 Å². The smallest absolute Gasteiger partial charge is 0.141 e. The van der Waals surface area contributed by atoms with E-state index in [4.69, 9.17) is 0 Å². The van der Waals surface area contributed by atoms with Gasteiger partial charge in [0, 0.05) is 23.7 Å². The number of thioether (sulfide) groups is 1. The van der Waals surface area contributed by atoms with Crippen LogP contribution in [0.25, 0.3) is 0 Å². The zero-order valence-corrected chi connectivity index (χ0v) is 13.4. The van der Waals surface area contributed by atoms with Crippen LogP contribution in [0.5, 0.6) is 0 Å². The first-order valence-corrected chi connectivity index (χ1v) is 7.99. The molecule has 0 radical (unpaired) electrons. The molecule has 1 aromatic heterocycles. The molecule has 0 aliphatic rings. The van der Waals surface area contributed by atoms with Gasteiger partial charge in [0.25, 0.3) is 0 Å². The van der Waals surface area contributed by atoms with Gasteiger partial charge >= 0.3 is 0 Å². The fraction of sp³-hybridized carbons (Fsp3) is 0.375. The summed E-state index contributed by atoms with van der Waals surface area (Å²) in [5.41, 5.74) is 1.02. The Balaban J connectivity index is 2.13. The molecule has 1 N–H and O–H groups in total. The summed E-state index contributed by atoms with van der Waals surface area (Å²) < 4.78 is 13.6. The molecule has 0 aliphatic carbocycles. The van der Waals surface area contributed by atoms with Crippen LogP contribution in [0, 0.1) is 11.7 Å². The summed E-state index contributed by atoms with van der Waals surface area (Å²) in [6.45, 7) is 4.32. The van der Waals surface area contributed by atoms with Crippen LogP contribution in [0.3, 0.4) is 0 Å². The van der Waals surface area contributed by atoms with Crippen molar-refractivity contribution >= 4 is 17.6 Å². The Hall–Kier alpha value is -1.62. The summed E-state index contributed by atoms with van der Waals surface area (Å²) in [5, 5.41) is 3.06. The van der Waals surface area contributed by atoms with Crippen molar-refractivity contribution in [2.75, 3.05) is 12.4 Å². The third kappa shape index (κ3) is 4.70. The van der Waals surface area contributed by atoms with E-state index >= 15 is 0 Å². The maximum absolute atomic E-state index is 13.6. The molecule has 112 valence electrons. The molecule has 21 heavy (non-hydrogen) atoms. The molecule has 1 aromatic carbocycles. The molecule has 0 atom stereocenters. The van der Waals surface area contributed by atoms with Gasteiger partial charge in [-0.25, -0.2) is 14.4 Å². The predicted molar refractivity (Wildman–Crippen MR) is 86.1 cm³/mol. The highest BCUT2D eigenvalue weighted by atomic mass is 32.2. The minimum absolute atomic E-state index is 0.199. The Morgan fingerprint density at radius 1 is 1.24 bits per heavy atom. The van der Waals surface area contributed by atoms with E-state index in [0.717, 1.165) is 23.8 Å². The van der Waals surface area contributed by atoms with Crippen molar-refractivity contribution in [3.63, 3.8) is 0 Å². The van der Waals surface area contributed by atoms with Gasteiger partial charge in [-0.1, -0.05) is 26.0 Å². The SMILES string of the molecule is CNc1cc(CC(C)C)nc(CSc2ccccc2F)n1. The molecule has 0 saturated carbocycles. The summed E-state index contributed by atoms with van der Waals surface area (Å²) in [6, 6.07) is 8.74. The van der Waals surface area contributed by atoms with Crippen LogP contribution < -0.4 is 5.32 Å². The molecular formula is C16H20FN3S. The van der Waals surface area contributed by atoms with Gasteiger partial charge in [-0.05, 0) is 24.5 Å². The lowest BCUT2D eigenvalue weighted by Crippen LogP contribution is -2.05. The predicted octanol–water partition coefficient (Wildman–Crippen LogP) is 4.15. The Kier molecular flexibility index (Phi) is 5.56. The van der Waals surface area contributed by atoms with Gasteiger partial charge in [0.1, 0.15) is 17.5 Å². The molecular weight excluding hydrogens is 285 g/mol. The highest BCUT2D eigenvalue weighted by Gasteiger charge is 2.08. The van der Waals surface area contributed by atoms with Gasteiger partial charge < -0.3 is 5.32 Å². The lowest BCUT2D eigenvalue weighted by Gasteiger charge is -2.09. The van der Waals surface area contributed by atoms with Crippen molar-refractivity contribution < 1.29 is 4.39 Å². The first kappa shape index (κ1) is 15.8. The molecule has 3 nitrogen and oxygen atoms in total. The van der Waals surface area contributed by atoms with E-state index in [1.165, 1.54) is 17.8 Å². The molecule has 0 amide bonds. The standard InChI is InChI=1S/C16H20FN3S/c1-11(2)8-12-9-15(18-3)20-16(19-12)10-21-14-7-5-4-6-13(14)17/h4-7,9,11H,8,10H2,1-3H3,(H,18,19,20). The monoisotopic (exact) mass is 305 g/mol. The van der Waals surface area contributed by atoms with Gasteiger partial charge in [-0.15, -0.1) is 11.8 Å². The van der Waals surface area contributed by atoms with E-state index in [2.05, 4.69) is 29.1 Å². The molecule has 5 heteroatoms. The maximum Gasteiger partial charge on any atom is 0.141 e. The Labute approximate surface area is 129 Å². The number of anilines is 1. The lowest BCUT2D eigenvalue weighted by atomic mass is 10.1. The van der Waals surface area contributed by atoms with E-state index < -0.39 is 0 Å². The van der Waals surface area contributed by atoms with Crippen molar-refractivity contribution in [2.45, 2.75) is 30.9 Å². The Morgan fingerprint density at radius 2 is 2.00 bits per heavy atom. The Bertz CT molecular complexity index is 602. The number of nitrogens with one attached hydrogen (secondary N) is 1. The fourth-order valence-corrected chi connectivity index (χ4v) is 2.77. The molecule has 0 unspecified atom stereocenters. The third-order valence-corrected chi connectivity index (χ3v) is 3.94. The van der Waals surface area contributed by atoms with Crippen molar-refractivity contribution in [1.29, 1.82) is 0 Å². The molecule has 0 fully saturated rings.